The van der Waals surface area contributed by atoms with Crippen LogP contribution >= 0.6 is 0 Å². The van der Waals surface area contributed by atoms with Crippen molar-refractivity contribution in [2.75, 3.05) is 6.61 Å². The van der Waals surface area contributed by atoms with E-state index < -0.39 is 28.5 Å². The smallest absolute Gasteiger partial charge is 0.446 e. The molecule has 1 aliphatic carbocycles. The Bertz CT molecular complexity index is 1280. The van der Waals surface area contributed by atoms with E-state index >= 15 is 0 Å². The lowest BCUT2D eigenvalue weighted by molar-refractivity contribution is -0.139. The molecule has 0 unspecified atom stereocenters. The molecular formula is C24H23NO9S. The van der Waals surface area contributed by atoms with Crippen molar-refractivity contribution in [2.45, 2.75) is 18.4 Å². The second kappa shape index (κ2) is 10.6. The number of amides is 1. The first-order valence-electron chi connectivity index (χ1n) is 10.3. The van der Waals surface area contributed by atoms with Crippen molar-refractivity contribution >= 4 is 22.5 Å². The van der Waals surface area contributed by atoms with E-state index in [1.165, 1.54) is 24.3 Å². The number of nitrogens with one attached hydrogen (secondary N) is 1. The van der Waals surface area contributed by atoms with Crippen LogP contribution in [0.25, 0.3) is 11.1 Å². The molecule has 0 fully saturated rings. The van der Waals surface area contributed by atoms with Crippen molar-refractivity contribution in [3.8, 4) is 16.9 Å². The molecule has 10 nitrogen and oxygen atoms in total. The van der Waals surface area contributed by atoms with Gasteiger partial charge in [0.15, 0.2) is 0 Å². The quantitative estimate of drug-likeness (QED) is 0.395. The van der Waals surface area contributed by atoms with Gasteiger partial charge in [0.1, 0.15) is 18.4 Å². The van der Waals surface area contributed by atoms with Gasteiger partial charge in [0.25, 0.3) is 0 Å². The average molecular weight is 502 g/mol. The highest BCUT2D eigenvalue weighted by molar-refractivity contribution is 7.81. The molecule has 0 saturated heterocycles. The summed E-state index contributed by atoms with van der Waals surface area (Å²) in [7, 11) is -4.66. The highest BCUT2D eigenvalue weighted by Crippen LogP contribution is 2.44. The fourth-order valence-electron chi connectivity index (χ4n) is 4.02. The van der Waals surface area contributed by atoms with E-state index in [4.69, 9.17) is 9.29 Å². The normalized spacial score (nSPS) is 13.1. The van der Waals surface area contributed by atoms with E-state index in [1.54, 1.807) is 0 Å². The molecule has 5 N–H and O–H groups in total. The third-order valence-corrected chi connectivity index (χ3v) is 5.90. The molecule has 0 aromatic heterocycles. The summed E-state index contributed by atoms with van der Waals surface area (Å²) in [6.07, 6.45) is -0.938. The molecule has 0 bridgehead atoms. The molecule has 3 aromatic carbocycles. The second-order valence-corrected chi connectivity index (χ2v) is 8.74. The highest BCUT2D eigenvalue weighted by Gasteiger charge is 2.29. The standard InChI is InChI=1S/C24H21NO8S.H2O/c26-23(27)22(13-15-9-11-16(12-10-15)33-34(29,30)31)25-24(28)32-14-21-19-7-3-1-5-17(19)18-6-2-4-8-20(18)21;/h1-12,21-22H,13-14H2,(H,25,28)(H,26,27)(H,29,30,31);1H2/t22-;/m0./s1. The Morgan fingerprint density at radius 2 is 1.46 bits per heavy atom. The molecule has 4 rings (SSSR count). The van der Waals surface area contributed by atoms with E-state index in [0.29, 0.717) is 5.56 Å². The van der Waals surface area contributed by atoms with Crippen LogP contribution in [0.15, 0.2) is 72.8 Å². The number of hydrogen-bond donors (Lipinski definition) is 3. The first-order valence-corrected chi connectivity index (χ1v) is 11.7. The van der Waals surface area contributed by atoms with Gasteiger partial charge < -0.3 is 24.8 Å². The van der Waals surface area contributed by atoms with Crippen LogP contribution < -0.4 is 9.50 Å². The van der Waals surface area contributed by atoms with Gasteiger partial charge in [-0.25, -0.2) is 9.59 Å². The van der Waals surface area contributed by atoms with Crippen LogP contribution in [-0.4, -0.2) is 48.3 Å². The number of benzene rings is 3. The third kappa shape index (κ3) is 6.15. The zero-order chi connectivity index (χ0) is 24.3. The Morgan fingerprint density at radius 3 is 1.97 bits per heavy atom. The molecule has 3 aromatic rings. The Hall–Kier alpha value is -3.93. The van der Waals surface area contributed by atoms with Gasteiger partial charge >= 0.3 is 22.5 Å². The molecule has 184 valence electrons. The van der Waals surface area contributed by atoms with E-state index in [0.717, 1.165) is 22.3 Å². The van der Waals surface area contributed by atoms with Crippen LogP contribution in [-0.2, 0) is 26.4 Å². The Morgan fingerprint density at radius 1 is 0.914 bits per heavy atom. The second-order valence-electron chi connectivity index (χ2n) is 7.72. The molecule has 1 atom stereocenters. The number of carboxylic acids is 1. The SMILES string of the molecule is O.O=C(N[C@@H](Cc1ccc(OS(=O)(=O)O)cc1)C(=O)O)OCC1c2ccccc2-c2ccccc21. The summed E-state index contributed by atoms with van der Waals surface area (Å²) in [6.45, 7) is 0.0495. The molecule has 11 heteroatoms. The maximum Gasteiger partial charge on any atom is 0.446 e. The maximum atomic E-state index is 12.4. The molecule has 0 spiro atoms. The van der Waals surface area contributed by atoms with Gasteiger partial charge in [0, 0.05) is 12.3 Å². The van der Waals surface area contributed by atoms with E-state index in [1.807, 2.05) is 48.5 Å². The van der Waals surface area contributed by atoms with Crippen molar-refractivity contribution in [3.05, 3.63) is 89.5 Å². The van der Waals surface area contributed by atoms with Crippen LogP contribution in [0.1, 0.15) is 22.6 Å². The number of fused-ring (bicyclic) bond motifs is 3. The molecule has 0 radical (unpaired) electrons. The zero-order valence-corrected chi connectivity index (χ0v) is 19.1. The maximum absolute atomic E-state index is 12.4. The molecule has 1 aliphatic rings. The van der Waals surface area contributed by atoms with E-state index in [2.05, 4.69) is 9.50 Å². The molecule has 0 saturated carbocycles. The van der Waals surface area contributed by atoms with Gasteiger partial charge in [-0.05, 0) is 39.9 Å². The Labute approximate surface area is 201 Å². The summed E-state index contributed by atoms with van der Waals surface area (Å²) in [4.78, 5) is 24.1. The van der Waals surface area contributed by atoms with Crippen LogP contribution in [0.2, 0.25) is 0 Å². The van der Waals surface area contributed by atoms with E-state index in [-0.39, 0.29) is 30.2 Å². The Kier molecular flexibility index (Phi) is 7.75. The number of carbonyl (C=O) groups is 2. The number of aliphatic carboxylic acids is 1. The summed E-state index contributed by atoms with van der Waals surface area (Å²) in [5.74, 6) is -1.55. The summed E-state index contributed by atoms with van der Waals surface area (Å²) >= 11 is 0. The van der Waals surface area contributed by atoms with Crippen LogP contribution in [0.4, 0.5) is 4.79 Å². The molecule has 35 heavy (non-hydrogen) atoms. The van der Waals surface area contributed by atoms with Crippen molar-refractivity contribution in [1.29, 1.82) is 0 Å². The van der Waals surface area contributed by atoms with Gasteiger partial charge in [-0.2, -0.15) is 8.42 Å². The predicted molar refractivity (Wildman–Crippen MR) is 126 cm³/mol. The first-order chi connectivity index (χ1) is 16.2. The summed E-state index contributed by atoms with van der Waals surface area (Å²) in [6, 6.07) is 19.8. The first kappa shape index (κ1) is 25.7. The minimum Gasteiger partial charge on any atom is -0.480 e. The minimum absolute atomic E-state index is 0. The van der Waals surface area contributed by atoms with Crippen LogP contribution in [0, 0.1) is 0 Å². The minimum atomic E-state index is -4.66. The number of alkyl carbamates (subject to hydrolysis) is 1. The predicted octanol–water partition coefficient (Wildman–Crippen LogP) is 2.58. The number of carbonyl (C=O) groups excluding carboxylic acids is 1. The van der Waals surface area contributed by atoms with Crippen molar-refractivity contribution in [1.82, 2.24) is 5.32 Å². The highest BCUT2D eigenvalue weighted by atomic mass is 32.3. The molecule has 0 heterocycles. The van der Waals surface area contributed by atoms with Crippen molar-refractivity contribution in [3.63, 3.8) is 0 Å². The Balaban J connectivity index is 0.00000342. The van der Waals surface area contributed by atoms with Crippen molar-refractivity contribution < 1.29 is 42.1 Å². The van der Waals surface area contributed by atoms with Gasteiger partial charge in [0.2, 0.25) is 0 Å². The average Bonchev–Trinajstić information content (AvgIpc) is 3.11. The lowest BCUT2D eigenvalue weighted by atomic mass is 9.98. The third-order valence-electron chi connectivity index (χ3n) is 5.50. The lowest BCUT2D eigenvalue weighted by Crippen LogP contribution is -2.42. The monoisotopic (exact) mass is 501 g/mol. The summed E-state index contributed by atoms with van der Waals surface area (Å²) in [5, 5.41) is 11.9. The topological polar surface area (TPSA) is 171 Å². The van der Waals surface area contributed by atoms with Crippen LogP contribution in [0.5, 0.6) is 5.75 Å². The largest absolute Gasteiger partial charge is 0.480 e. The number of hydrogen-bond acceptors (Lipinski definition) is 6. The molecule has 0 aliphatic heterocycles. The van der Waals surface area contributed by atoms with E-state index in [9.17, 15) is 23.1 Å². The van der Waals surface area contributed by atoms with Gasteiger partial charge in [-0.1, -0.05) is 60.7 Å². The number of rotatable bonds is 8. The van der Waals surface area contributed by atoms with Gasteiger partial charge in [-0.3, -0.25) is 4.55 Å². The van der Waals surface area contributed by atoms with Crippen LogP contribution in [0.3, 0.4) is 0 Å². The lowest BCUT2D eigenvalue weighted by Gasteiger charge is -2.17. The van der Waals surface area contributed by atoms with Gasteiger partial charge in [-0.15, -0.1) is 0 Å². The number of ether oxygens (including phenoxy) is 1. The van der Waals surface area contributed by atoms with Gasteiger partial charge in [0.05, 0.1) is 0 Å². The molecule has 1 amide bonds. The fourth-order valence-corrected chi connectivity index (χ4v) is 4.38. The zero-order valence-electron chi connectivity index (χ0n) is 18.2. The van der Waals surface area contributed by atoms with Crippen molar-refractivity contribution in [2.24, 2.45) is 0 Å². The fraction of sp³-hybridized carbons (Fsp3) is 0.167. The molecular weight excluding hydrogens is 478 g/mol. The summed E-state index contributed by atoms with van der Waals surface area (Å²) < 4.78 is 40.0. The summed E-state index contributed by atoms with van der Waals surface area (Å²) in [5.41, 5.74) is 4.74. The number of carboxylic acid groups (broad SMARTS) is 1.